The monoisotopic (exact) mass is 465 g/mol. The summed E-state index contributed by atoms with van der Waals surface area (Å²) in [5.41, 5.74) is 5.75. The zero-order valence-corrected chi connectivity index (χ0v) is 19.5. The van der Waals surface area contributed by atoms with E-state index in [1.165, 1.54) is 17.1 Å². The highest BCUT2D eigenvalue weighted by Gasteiger charge is 2.21. The molecule has 9 nitrogen and oxygen atoms in total. The van der Waals surface area contributed by atoms with Crippen molar-refractivity contribution in [3.05, 3.63) is 39.8 Å². The average molecular weight is 466 g/mol. The molecule has 3 aromatic heterocycles. The highest BCUT2D eigenvalue weighted by Crippen LogP contribution is 2.30. The van der Waals surface area contributed by atoms with Crippen LogP contribution >= 0.6 is 23.2 Å². The van der Waals surface area contributed by atoms with Gasteiger partial charge in [-0.15, -0.1) is 0 Å². The van der Waals surface area contributed by atoms with Crippen molar-refractivity contribution in [1.82, 2.24) is 25.2 Å². The maximum atomic E-state index is 12.7. The number of hydrazine groups is 1. The van der Waals surface area contributed by atoms with E-state index in [2.05, 4.69) is 34.7 Å². The Kier molecular flexibility index (Phi) is 6.88. The fraction of sp³-hybridized carbons (Fsp3) is 0.400. The molecule has 0 radical (unpaired) electrons. The lowest BCUT2D eigenvalue weighted by Gasteiger charge is -2.26. The van der Waals surface area contributed by atoms with Crippen LogP contribution in [0.3, 0.4) is 0 Å². The average Bonchev–Trinajstić information content (AvgIpc) is 2.93. The summed E-state index contributed by atoms with van der Waals surface area (Å²) >= 11 is 11.8. The van der Waals surface area contributed by atoms with Gasteiger partial charge < -0.3 is 10.4 Å². The smallest absolute Gasteiger partial charge is 0.338 e. The lowest BCUT2D eigenvalue weighted by Crippen LogP contribution is -2.48. The summed E-state index contributed by atoms with van der Waals surface area (Å²) in [4.78, 5) is 21.2. The molecule has 0 aliphatic carbocycles. The molecule has 0 aliphatic rings. The van der Waals surface area contributed by atoms with Crippen LogP contribution in [0, 0.1) is 6.92 Å². The number of aliphatic hydroxyl groups is 1. The van der Waals surface area contributed by atoms with Gasteiger partial charge in [-0.25, -0.2) is 20.2 Å². The number of fused-ring (bicyclic) bond motifs is 1. The second-order valence-corrected chi connectivity index (χ2v) is 8.43. The van der Waals surface area contributed by atoms with E-state index in [9.17, 15) is 9.90 Å². The van der Waals surface area contributed by atoms with Crippen LogP contribution in [0.25, 0.3) is 11.0 Å². The Hall–Kier alpha value is -2.62. The third kappa shape index (κ3) is 5.36. The number of aryl methyl sites for hydroxylation is 2. The summed E-state index contributed by atoms with van der Waals surface area (Å²) in [6.45, 7) is 7.87. The van der Waals surface area contributed by atoms with E-state index in [1.807, 2.05) is 20.0 Å². The molecule has 31 heavy (non-hydrogen) atoms. The van der Waals surface area contributed by atoms with Crippen molar-refractivity contribution < 1.29 is 9.90 Å². The lowest BCUT2D eigenvalue weighted by atomic mass is 9.99. The number of aromatic nitrogens is 4. The molecular formula is C20H25Cl2N7O2. The Morgan fingerprint density at radius 2 is 1.84 bits per heavy atom. The number of nitrogens with zero attached hydrogens (tertiary/aromatic N) is 5. The zero-order valence-electron chi connectivity index (χ0n) is 17.9. The van der Waals surface area contributed by atoms with Gasteiger partial charge in [-0.2, -0.15) is 5.10 Å². The predicted octanol–water partition coefficient (Wildman–Crippen LogP) is 4.03. The summed E-state index contributed by atoms with van der Waals surface area (Å²) in [7, 11) is 1.83. The molecule has 0 aliphatic heterocycles. The number of anilines is 2. The van der Waals surface area contributed by atoms with Crippen LogP contribution in [0.4, 0.5) is 16.3 Å². The number of urea groups is 1. The number of halogens is 2. The molecule has 0 fully saturated rings. The molecule has 3 N–H and O–H groups in total. The van der Waals surface area contributed by atoms with Gasteiger partial charge in [0.05, 0.1) is 18.3 Å². The van der Waals surface area contributed by atoms with Crippen LogP contribution in [0.2, 0.25) is 10.3 Å². The highest BCUT2D eigenvalue weighted by molar-refractivity contribution is 6.33. The van der Waals surface area contributed by atoms with E-state index in [0.717, 1.165) is 16.6 Å². The Morgan fingerprint density at radius 1 is 1.19 bits per heavy atom. The van der Waals surface area contributed by atoms with E-state index >= 15 is 0 Å². The Bertz CT molecular complexity index is 1090. The quantitative estimate of drug-likeness (QED) is 0.374. The van der Waals surface area contributed by atoms with Gasteiger partial charge >= 0.3 is 6.03 Å². The molecule has 166 valence electrons. The molecule has 3 aromatic rings. The number of amides is 2. The first-order valence-electron chi connectivity index (χ1n) is 9.75. The van der Waals surface area contributed by atoms with E-state index in [0.29, 0.717) is 17.2 Å². The second kappa shape index (κ2) is 9.25. The number of pyridine rings is 2. The normalized spacial score (nSPS) is 12.3. The summed E-state index contributed by atoms with van der Waals surface area (Å²) < 4.78 is 1.71. The lowest BCUT2D eigenvalue weighted by molar-refractivity contribution is 0.195. The molecule has 1 atom stereocenters. The summed E-state index contributed by atoms with van der Waals surface area (Å²) in [5.74, 6) is 0.691. The van der Waals surface area contributed by atoms with Crippen molar-refractivity contribution in [3.8, 4) is 0 Å². The van der Waals surface area contributed by atoms with Gasteiger partial charge in [0.1, 0.15) is 16.1 Å². The first-order chi connectivity index (χ1) is 14.5. The maximum absolute atomic E-state index is 12.7. The van der Waals surface area contributed by atoms with E-state index in [4.69, 9.17) is 28.2 Å². The third-order valence-electron chi connectivity index (χ3n) is 4.59. The fourth-order valence-corrected chi connectivity index (χ4v) is 3.80. The zero-order chi connectivity index (χ0) is 22.9. The van der Waals surface area contributed by atoms with Crippen LogP contribution in [-0.4, -0.2) is 43.5 Å². The number of carbonyl (C=O) groups excluding carboxylic acids is 1. The van der Waals surface area contributed by atoms with Crippen LogP contribution in [-0.2, 0) is 7.05 Å². The van der Waals surface area contributed by atoms with E-state index in [1.54, 1.807) is 11.6 Å². The number of aliphatic hydroxyl groups excluding tert-OH is 1. The molecule has 1 unspecified atom stereocenters. The van der Waals surface area contributed by atoms with Gasteiger partial charge in [-0.3, -0.25) is 9.69 Å². The Morgan fingerprint density at radius 3 is 2.42 bits per heavy atom. The van der Waals surface area contributed by atoms with Gasteiger partial charge in [0.25, 0.3) is 0 Å². The Labute approximate surface area is 190 Å². The molecule has 3 rings (SSSR count). The number of carbonyl (C=O) groups is 1. The van der Waals surface area contributed by atoms with Crippen molar-refractivity contribution in [2.75, 3.05) is 16.9 Å². The minimum Gasteiger partial charge on any atom is -0.391 e. The Balaban J connectivity index is 1.96. The van der Waals surface area contributed by atoms with Gasteiger partial charge in [0.15, 0.2) is 5.65 Å². The summed E-state index contributed by atoms with van der Waals surface area (Å²) in [5, 5.41) is 20.0. The van der Waals surface area contributed by atoms with Gasteiger partial charge in [-0.05, 0) is 43.5 Å². The fourth-order valence-electron chi connectivity index (χ4n) is 3.34. The largest absolute Gasteiger partial charge is 0.391 e. The minimum atomic E-state index is -0.724. The first kappa shape index (κ1) is 23.1. The third-order valence-corrected chi connectivity index (χ3v) is 4.98. The van der Waals surface area contributed by atoms with Gasteiger partial charge in [-0.1, -0.05) is 37.0 Å². The second-order valence-electron chi connectivity index (χ2n) is 7.66. The number of hydrogen-bond donors (Lipinski definition) is 3. The van der Waals surface area contributed by atoms with Crippen LogP contribution in [0.15, 0.2) is 18.2 Å². The highest BCUT2D eigenvalue weighted by atomic mass is 35.5. The molecule has 3 heterocycles. The summed E-state index contributed by atoms with van der Waals surface area (Å²) in [6, 6.07) is 4.31. The van der Waals surface area contributed by atoms with Crippen molar-refractivity contribution in [3.63, 3.8) is 0 Å². The van der Waals surface area contributed by atoms with Crippen LogP contribution < -0.4 is 15.8 Å². The van der Waals surface area contributed by atoms with E-state index < -0.39 is 12.1 Å². The number of rotatable bonds is 6. The minimum absolute atomic E-state index is 0.123. The SMILES string of the molecule is Cc1nn(C)c2nc(N(CC(C)O)NC(=O)Nc3cc(Cl)nc(Cl)c3)cc(C(C)C)c12. The standard InChI is InChI=1S/C20H25Cl2N7O2/c1-10(2)14-8-17(25-19-18(14)12(4)26-28(19)5)29(9-11(3)30)27-20(31)23-13-6-15(21)24-16(22)7-13/h6-8,10-11,30H,9H2,1-5H3,(H2,23,24,27,31). The van der Waals surface area contributed by atoms with Crippen molar-refractivity contribution in [2.45, 2.75) is 39.7 Å². The van der Waals surface area contributed by atoms with Crippen molar-refractivity contribution in [1.29, 1.82) is 0 Å². The van der Waals surface area contributed by atoms with Gasteiger partial charge in [0, 0.05) is 18.1 Å². The molecule has 11 heteroatoms. The molecule has 2 amide bonds. The van der Waals surface area contributed by atoms with Gasteiger partial charge in [0.2, 0.25) is 0 Å². The molecule has 0 saturated heterocycles. The van der Waals surface area contributed by atoms with Crippen molar-refractivity contribution >= 4 is 51.8 Å². The van der Waals surface area contributed by atoms with Crippen molar-refractivity contribution in [2.24, 2.45) is 7.05 Å². The van der Waals surface area contributed by atoms with Crippen LogP contribution in [0.5, 0.6) is 0 Å². The molecule has 0 spiro atoms. The van der Waals surface area contributed by atoms with Crippen LogP contribution in [0.1, 0.15) is 37.9 Å². The first-order valence-corrected chi connectivity index (χ1v) is 10.5. The molecule has 0 saturated carbocycles. The topological polar surface area (TPSA) is 108 Å². The molecule has 0 bridgehead atoms. The maximum Gasteiger partial charge on any atom is 0.338 e. The van der Waals surface area contributed by atoms with E-state index in [-0.39, 0.29) is 22.8 Å². The summed E-state index contributed by atoms with van der Waals surface area (Å²) in [6.07, 6.45) is -0.724. The molecular weight excluding hydrogens is 441 g/mol. The predicted molar refractivity (Wildman–Crippen MR) is 123 cm³/mol. The number of nitrogens with one attached hydrogen (secondary N) is 2. The number of hydrogen-bond acceptors (Lipinski definition) is 6. The molecule has 0 aromatic carbocycles.